The molecule has 6 nitrogen and oxygen atoms in total. The van der Waals surface area contributed by atoms with Crippen LogP contribution in [0.4, 0.5) is 0 Å². The van der Waals surface area contributed by atoms with Gasteiger partial charge in [-0.1, -0.05) is 35.9 Å². The predicted molar refractivity (Wildman–Crippen MR) is 126 cm³/mol. The Morgan fingerprint density at radius 2 is 1.88 bits per heavy atom. The summed E-state index contributed by atoms with van der Waals surface area (Å²) >= 11 is 0. The maximum Gasteiger partial charge on any atom is 0.243 e. The van der Waals surface area contributed by atoms with E-state index in [-0.39, 0.29) is 18.0 Å². The summed E-state index contributed by atoms with van der Waals surface area (Å²) in [7, 11) is -2.00. The van der Waals surface area contributed by atoms with Crippen molar-refractivity contribution < 1.29 is 13.5 Å². The molecule has 3 heterocycles. The van der Waals surface area contributed by atoms with Crippen LogP contribution in [-0.2, 0) is 16.4 Å². The number of aromatic amines is 1. The van der Waals surface area contributed by atoms with E-state index in [9.17, 15) is 13.5 Å². The van der Waals surface area contributed by atoms with Gasteiger partial charge >= 0.3 is 0 Å². The van der Waals surface area contributed by atoms with Gasteiger partial charge in [0, 0.05) is 48.7 Å². The molecule has 5 rings (SSSR count). The first-order valence-electron chi connectivity index (χ1n) is 11.3. The van der Waals surface area contributed by atoms with Crippen LogP contribution in [0.5, 0.6) is 0 Å². The molecule has 1 aromatic heterocycles. The molecule has 2 aromatic carbocycles. The van der Waals surface area contributed by atoms with Crippen LogP contribution in [0.3, 0.4) is 0 Å². The van der Waals surface area contributed by atoms with Crippen LogP contribution in [0.25, 0.3) is 10.9 Å². The van der Waals surface area contributed by atoms with Crippen LogP contribution in [0.15, 0.2) is 53.4 Å². The minimum absolute atomic E-state index is 0.113. The minimum atomic E-state index is -3.67. The van der Waals surface area contributed by atoms with Gasteiger partial charge in [-0.2, -0.15) is 4.31 Å². The zero-order chi connectivity index (χ0) is 22.6. The summed E-state index contributed by atoms with van der Waals surface area (Å²) in [5.74, 6) is -0.151. The molecule has 7 heteroatoms. The van der Waals surface area contributed by atoms with Gasteiger partial charge in [-0.05, 0) is 50.5 Å². The lowest BCUT2D eigenvalue weighted by Gasteiger charge is -2.49. The van der Waals surface area contributed by atoms with Crippen LogP contribution in [0.2, 0.25) is 0 Å². The molecule has 0 amide bonds. The van der Waals surface area contributed by atoms with Crippen molar-refractivity contribution in [3.63, 3.8) is 0 Å². The zero-order valence-corrected chi connectivity index (χ0v) is 19.6. The molecule has 32 heavy (non-hydrogen) atoms. The predicted octanol–water partition coefficient (Wildman–Crippen LogP) is 3.47. The Morgan fingerprint density at radius 3 is 2.59 bits per heavy atom. The fourth-order valence-electron chi connectivity index (χ4n) is 5.60. The number of piperidine rings is 1. The van der Waals surface area contributed by atoms with Crippen molar-refractivity contribution in [3.05, 3.63) is 65.4 Å². The van der Waals surface area contributed by atoms with E-state index < -0.39 is 16.1 Å². The molecule has 170 valence electrons. The van der Waals surface area contributed by atoms with E-state index in [1.54, 1.807) is 26.1 Å². The molecule has 1 fully saturated rings. The highest BCUT2D eigenvalue weighted by Gasteiger charge is 2.45. The maximum atomic E-state index is 13.5. The Bertz CT molecular complexity index is 1230. The number of benzene rings is 2. The van der Waals surface area contributed by atoms with Crippen molar-refractivity contribution >= 4 is 20.9 Å². The van der Waals surface area contributed by atoms with Gasteiger partial charge in [-0.15, -0.1) is 0 Å². The summed E-state index contributed by atoms with van der Waals surface area (Å²) < 4.78 is 28.5. The normalized spacial score (nSPS) is 25.0. The molecule has 4 atom stereocenters. The lowest BCUT2D eigenvalue weighted by molar-refractivity contribution is -0.0107. The smallest absolute Gasteiger partial charge is 0.243 e. The van der Waals surface area contributed by atoms with Gasteiger partial charge in [0.2, 0.25) is 10.0 Å². The molecule has 2 aliphatic heterocycles. The molecule has 0 unspecified atom stereocenters. The van der Waals surface area contributed by atoms with E-state index in [2.05, 4.69) is 28.1 Å². The lowest BCUT2D eigenvalue weighted by Crippen LogP contribution is -2.56. The monoisotopic (exact) mass is 453 g/mol. The summed E-state index contributed by atoms with van der Waals surface area (Å²) in [6, 6.07) is 15.2. The van der Waals surface area contributed by atoms with Crippen molar-refractivity contribution in [3.8, 4) is 0 Å². The van der Waals surface area contributed by atoms with Gasteiger partial charge in [-0.3, -0.25) is 4.90 Å². The Hall–Kier alpha value is -2.19. The number of nitrogens with zero attached hydrogens (tertiary/aromatic N) is 2. The fourth-order valence-corrected chi connectivity index (χ4v) is 7.01. The van der Waals surface area contributed by atoms with Crippen molar-refractivity contribution in [2.45, 2.75) is 49.8 Å². The van der Waals surface area contributed by atoms with Crippen LogP contribution >= 0.6 is 0 Å². The van der Waals surface area contributed by atoms with E-state index in [0.29, 0.717) is 17.9 Å². The molecule has 2 aliphatic rings. The number of nitrogens with one attached hydrogen (secondary N) is 1. The number of para-hydroxylation sites is 1. The van der Waals surface area contributed by atoms with Crippen LogP contribution in [0.1, 0.15) is 36.2 Å². The second-order valence-corrected chi connectivity index (χ2v) is 11.4. The second-order valence-electron chi connectivity index (χ2n) is 9.37. The summed E-state index contributed by atoms with van der Waals surface area (Å²) in [6.07, 6.45) is 1.02. The first-order chi connectivity index (χ1) is 15.3. The third-order valence-electron chi connectivity index (χ3n) is 7.46. The summed E-state index contributed by atoms with van der Waals surface area (Å²) in [5, 5.41) is 11.9. The second kappa shape index (κ2) is 7.99. The number of sulfonamides is 1. The van der Waals surface area contributed by atoms with Gasteiger partial charge in [0.1, 0.15) is 0 Å². The Balaban J connectivity index is 1.52. The lowest BCUT2D eigenvalue weighted by atomic mass is 9.80. The number of aliphatic hydroxyl groups is 1. The van der Waals surface area contributed by atoms with Crippen LogP contribution in [-0.4, -0.2) is 60.0 Å². The van der Waals surface area contributed by atoms with Crippen LogP contribution < -0.4 is 0 Å². The fraction of sp³-hybridized carbons (Fsp3) is 0.440. The Kier molecular flexibility index (Phi) is 5.40. The molecule has 3 aromatic rings. The third-order valence-corrected chi connectivity index (χ3v) is 9.36. The largest absolute Gasteiger partial charge is 0.393 e. The summed E-state index contributed by atoms with van der Waals surface area (Å²) in [5.41, 5.74) is 4.71. The average Bonchev–Trinajstić information content (AvgIpc) is 3.17. The molecule has 0 radical (unpaired) electrons. The third kappa shape index (κ3) is 3.48. The summed E-state index contributed by atoms with van der Waals surface area (Å²) in [6.45, 7) is 5.32. The topological polar surface area (TPSA) is 76.6 Å². The Labute approximate surface area is 189 Å². The molecular weight excluding hydrogens is 422 g/mol. The molecule has 2 N–H and O–H groups in total. The van der Waals surface area contributed by atoms with E-state index in [1.807, 2.05) is 25.1 Å². The molecule has 0 bridgehead atoms. The number of hydrogen-bond donors (Lipinski definition) is 2. The highest BCUT2D eigenvalue weighted by atomic mass is 32.2. The van der Waals surface area contributed by atoms with Gasteiger partial charge in [-0.25, -0.2) is 8.42 Å². The number of aliphatic hydroxyl groups excluding tert-OH is 1. The van der Waals surface area contributed by atoms with E-state index in [0.717, 1.165) is 24.0 Å². The van der Waals surface area contributed by atoms with Crippen molar-refractivity contribution in [1.29, 1.82) is 0 Å². The van der Waals surface area contributed by atoms with E-state index in [4.69, 9.17) is 0 Å². The molecule has 0 spiro atoms. The zero-order valence-electron chi connectivity index (χ0n) is 18.8. The van der Waals surface area contributed by atoms with Crippen LogP contribution in [0, 0.1) is 12.8 Å². The summed E-state index contributed by atoms with van der Waals surface area (Å²) in [4.78, 5) is 6.34. The average molecular weight is 454 g/mol. The first-order valence-corrected chi connectivity index (χ1v) is 12.8. The number of fused-ring (bicyclic) bond motifs is 5. The van der Waals surface area contributed by atoms with Crippen molar-refractivity contribution in [2.24, 2.45) is 5.92 Å². The highest BCUT2D eigenvalue weighted by Crippen LogP contribution is 2.43. The SMILES string of the molecule is Cc1ccc(S(=O)(=O)N(C)[C@H]2C[C@H]3c4[nH]c5ccccc5c4CCN3C[C@H]2[C@H](C)O)cc1. The van der Waals surface area contributed by atoms with Gasteiger partial charge < -0.3 is 10.1 Å². The number of rotatable bonds is 4. The number of aryl methyl sites for hydroxylation is 1. The number of hydrogen-bond acceptors (Lipinski definition) is 4. The standard InChI is InChI=1S/C25H31N3O3S/c1-16-8-10-18(11-9-16)32(30,31)27(3)23-14-24-25-20(19-6-4-5-7-22(19)26-25)12-13-28(24)15-21(23)17(2)29/h4-11,17,21,23-24,26,29H,12-15H2,1-3H3/t17-,21-,23-,24-/m0/s1. The highest BCUT2D eigenvalue weighted by molar-refractivity contribution is 7.89. The van der Waals surface area contributed by atoms with E-state index in [1.165, 1.54) is 20.9 Å². The van der Waals surface area contributed by atoms with Gasteiger partial charge in [0.15, 0.2) is 0 Å². The Morgan fingerprint density at radius 1 is 1.16 bits per heavy atom. The maximum absolute atomic E-state index is 13.5. The number of H-pyrrole nitrogens is 1. The van der Waals surface area contributed by atoms with Crippen molar-refractivity contribution in [2.75, 3.05) is 20.1 Å². The van der Waals surface area contributed by atoms with E-state index >= 15 is 0 Å². The molecule has 1 saturated heterocycles. The first kappa shape index (κ1) is 21.6. The van der Waals surface area contributed by atoms with Gasteiger partial charge in [0.05, 0.1) is 17.0 Å². The number of aromatic nitrogens is 1. The quantitative estimate of drug-likeness (QED) is 0.634. The minimum Gasteiger partial charge on any atom is -0.393 e. The molecule has 0 saturated carbocycles. The van der Waals surface area contributed by atoms with Gasteiger partial charge in [0.25, 0.3) is 0 Å². The van der Waals surface area contributed by atoms with Crippen molar-refractivity contribution in [1.82, 2.24) is 14.2 Å². The molecule has 0 aliphatic carbocycles. The molecular formula is C25H31N3O3S.